The Kier molecular flexibility index (Phi) is 5.99. The largest absolute Gasteiger partial charge is 0.465 e. The molecule has 2 aromatic carbocycles. The number of carbonyl (C=O) groups is 1. The highest BCUT2D eigenvalue weighted by Crippen LogP contribution is 2.34. The van der Waals surface area contributed by atoms with Gasteiger partial charge in [0.1, 0.15) is 0 Å². The van der Waals surface area contributed by atoms with E-state index < -0.39 is 29.8 Å². The molecule has 0 saturated carbocycles. The standard InChI is InChI=1S/C23H19F3N4O3/c1-13(28-22(31)32)10-19(14-4-6-18(7-5-14)23(24,25)26)21-30-29-20(33-21)16-2-3-17-12-27-9-8-15(17)11-16/h2-9,11-13,19,28H,10H2,1H3,(H,31,32)/t13?,19-/m1/s1. The van der Waals surface area contributed by atoms with E-state index in [0.29, 0.717) is 11.1 Å². The Labute approximate surface area is 186 Å². The van der Waals surface area contributed by atoms with Crippen molar-refractivity contribution < 1.29 is 27.5 Å². The average molecular weight is 456 g/mol. The van der Waals surface area contributed by atoms with Crippen molar-refractivity contribution in [1.82, 2.24) is 20.5 Å². The van der Waals surface area contributed by atoms with Crippen molar-refractivity contribution in [1.29, 1.82) is 0 Å². The van der Waals surface area contributed by atoms with Gasteiger partial charge in [0, 0.05) is 29.4 Å². The van der Waals surface area contributed by atoms with Crippen LogP contribution in [0.15, 0.2) is 65.3 Å². The van der Waals surface area contributed by atoms with Crippen LogP contribution in [0.2, 0.25) is 0 Å². The molecule has 0 radical (unpaired) electrons. The zero-order valence-corrected chi connectivity index (χ0v) is 17.4. The lowest BCUT2D eigenvalue weighted by molar-refractivity contribution is -0.137. The maximum atomic E-state index is 13.0. The molecule has 0 aliphatic heterocycles. The van der Waals surface area contributed by atoms with Gasteiger partial charge in [0.15, 0.2) is 0 Å². The van der Waals surface area contributed by atoms with Crippen LogP contribution in [0.1, 0.15) is 36.3 Å². The highest BCUT2D eigenvalue weighted by Gasteiger charge is 2.31. The first-order valence-electron chi connectivity index (χ1n) is 10.0. The third kappa shape index (κ3) is 5.11. The molecule has 7 nitrogen and oxygen atoms in total. The Morgan fingerprint density at radius 3 is 2.55 bits per heavy atom. The molecule has 170 valence electrons. The summed E-state index contributed by atoms with van der Waals surface area (Å²) >= 11 is 0. The topological polar surface area (TPSA) is 101 Å². The number of nitrogens with zero attached hydrogens (tertiary/aromatic N) is 3. The lowest BCUT2D eigenvalue weighted by Crippen LogP contribution is -2.32. The van der Waals surface area contributed by atoms with Crippen LogP contribution >= 0.6 is 0 Å². The predicted molar refractivity (Wildman–Crippen MR) is 114 cm³/mol. The van der Waals surface area contributed by atoms with E-state index in [2.05, 4.69) is 20.5 Å². The van der Waals surface area contributed by atoms with Crippen LogP contribution in [0.3, 0.4) is 0 Å². The summed E-state index contributed by atoms with van der Waals surface area (Å²) in [6.07, 6.45) is -2.05. The average Bonchev–Trinajstić information content (AvgIpc) is 3.26. The number of amides is 1. The van der Waals surface area contributed by atoms with Gasteiger partial charge in [-0.05, 0) is 54.6 Å². The van der Waals surface area contributed by atoms with Gasteiger partial charge in [-0.1, -0.05) is 18.2 Å². The van der Waals surface area contributed by atoms with Crippen LogP contribution in [0, 0.1) is 0 Å². The summed E-state index contributed by atoms with van der Waals surface area (Å²) < 4.78 is 44.8. The molecule has 0 aliphatic carbocycles. The van der Waals surface area contributed by atoms with Crippen LogP contribution in [0.25, 0.3) is 22.2 Å². The maximum Gasteiger partial charge on any atom is 0.416 e. The first-order chi connectivity index (χ1) is 15.7. The molecule has 4 rings (SSSR count). The fourth-order valence-electron chi connectivity index (χ4n) is 3.62. The number of fused-ring (bicyclic) bond motifs is 1. The Balaban J connectivity index is 1.68. The Morgan fingerprint density at radius 1 is 1.09 bits per heavy atom. The maximum absolute atomic E-state index is 13.0. The summed E-state index contributed by atoms with van der Waals surface area (Å²) in [7, 11) is 0. The number of rotatable bonds is 6. The van der Waals surface area contributed by atoms with Crippen molar-refractivity contribution in [3.8, 4) is 11.5 Å². The van der Waals surface area contributed by atoms with E-state index in [4.69, 9.17) is 9.52 Å². The van der Waals surface area contributed by atoms with Crippen LogP contribution in [0.4, 0.5) is 18.0 Å². The quantitative estimate of drug-likeness (QED) is 0.398. The summed E-state index contributed by atoms with van der Waals surface area (Å²) in [5, 5.41) is 21.5. The highest BCUT2D eigenvalue weighted by molar-refractivity contribution is 5.85. The molecule has 0 spiro atoms. The summed E-state index contributed by atoms with van der Waals surface area (Å²) in [5.41, 5.74) is 0.399. The van der Waals surface area contributed by atoms with Gasteiger partial charge in [-0.2, -0.15) is 13.2 Å². The van der Waals surface area contributed by atoms with Crippen LogP contribution in [-0.2, 0) is 6.18 Å². The van der Waals surface area contributed by atoms with Crippen LogP contribution < -0.4 is 5.32 Å². The van der Waals surface area contributed by atoms with Crippen molar-refractivity contribution >= 4 is 16.9 Å². The fourth-order valence-corrected chi connectivity index (χ4v) is 3.62. The smallest absolute Gasteiger partial charge is 0.416 e. The Hall–Kier alpha value is -3.95. The van der Waals surface area contributed by atoms with Crippen LogP contribution in [0.5, 0.6) is 0 Å². The lowest BCUT2D eigenvalue weighted by Gasteiger charge is -2.19. The second-order valence-corrected chi connectivity index (χ2v) is 7.64. The minimum absolute atomic E-state index is 0.179. The van der Waals surface area contributed by atoms with Crippen molar-refractivity contribution in [3.63, 3.8) is 0 Å². The zero-order valence-electron chi connectivity index (χ0n) is 17.4. The van der Waals surface area contributed by atoms with E-state index in [1.807, 2.05) is 24.3 Å². The summed E-state index contributed by atoms with van der Waals surface area (Å²) in [4.78, 5) is 15.1. The summed E-state index contributed by atoms with van der Waals surface area (Å²) in [6, 6.07) is 11.5. The molecular formula is C23H19F3N4O3. The molecule has 1 unspecified atom stereocenters. The monoisotopic (exact) mass is 456 g/mol. The normalized spacial score (nSPS) is 13.6. The number of benzene rings is 2. The molecule has 2 heterocycles. The Bertz CT molecular complexity index is 1270. The highest BCUT2D eigenvalue weighted by atomic mass is 19.4. The van der Waals surface area contributed by atoms with Gasteiger partial charge < -0.3 is 14.8 Å². The molecular weight excluding hydrogens is 437 g/mol. The number of pyridine rings is 1. The number of carboxylic acid groups (broad SMARTS) is 1. The summed E-state index contributed by atoms with van der Waals surface area (Å²) in [6.45, 7) is 1.65. The second kappa shape index (κ2) is 8.89. The number of nitrogens with one attached hydrogen (secondary N) is 1. The van der Waals surface area contributed by atoms with E-state index >= 15 is 0 Å². The van der Waals surface area contributed by atoms with Gasteiger partial charge in [-0.3, -0.25) is 4.98 Å². The second-order valence-electron chi connectivity index (χ2n) is 7.64. The molecule has 33 heavy (non-hydrogen) atoms. The Morgan fingerprint density at radius 2 is 1.85 bits per heavy atom. The van der Waals surface area contributed by atoms with E-state index in [-0.39, 0.29) is 18.2 Å². The number of hydrogen-bond donors (Lipinski definition) is 2. The van der Waals surface area contributed by atoms with Gasteiger partial charge in [-0.25, -0.2) is 4.79 Å². The number of aromatic nitrogens is 3. The third-order valence-electron chi connectivity index (χ3n) is 5.23. The van der Waals surface area contributed by atoms with Crippen molar-refractivity contribution in [3.05, 3.63) is 77.9 Å². The van der Waals surface area contributed by atoms with Crippen molar-refractivity contribution in [2.75, 3.05) is 0 Å². The van der Waals surface area contributed by atoms with Gasteiger partial charge in [0.05, 0.1) is 11.5 Å². The van der Waals surface area contributed by atoms with E-state index in [1.54, 1.807) is 19.3 Å². The van der Waals surface area contributed by atoms with Gasteiger partial charge in [0.2, 0.25) is 11.8 Å². The van der Waals surface area contributed by atoms with Crippen molar-refractivity contribution in [2.24, 2.45) is 0 Å². The molecule has 4 aromatic rings. The molecule has 0 fully saturated rings. The first-order valence-corrected chi connectivity index (χ1v) is 10.0. The van der Waals surface area contributed by atoms with Gasteiger partial charge in [0.25, 0.3) is 0 Å². The fraction of sp³-hybridized carbons (Fsp3) is 0.217. The minimum atomic E-state index is -4.46. The molecule has 10 heteroatoms. The van der Waals surface area contributed by atoms with Gasteiger partial charge in [-0.15, -0.1) is 10.2 Å². The number of halogens is 3. The van der Waals surface area contributed by atoms with Crippen LogP contribution in [-0.4, -0.2) is 32.4 Å². The molecule has 1 amide bonds. The number of hydrogen-bond acceptors (Lipinski definition) is 5. The van der Waals surface area contributed by atoms with Gasteiger partial charge >= 0.3 is 12.3 Å². The summed E-state index contributed by atoms with van der Waals surface area (Å²) in [5.74, 6) is -0.182. The zero-order chi connectivity index (χ0) is 23.6. The molecule has 0 bridgehead atoms. The molecule has 0 saturated heterocycles. The molecule has 0 aliphatic rings. The molecule has 2 N–H and O–H groups in total. The third-order valence-corrected chi connectivity index (χ3v) is 5.23. The minimum Gasteiger partial charge on any atom is -0.465 e. The lowest BCUT2D eigenvalue weighted by atomic mass is 9.91. The predicted octanol–water partition coefficient (Wildman–Crippen LogP) is 5.48. The number of alkyl halides is 3. The SMILES string of the molecule is CC(C[C@H](c1ccc(C(F)(F)F)cc1)c1nnc(-c2ccc3cnccc3c2)o1)NC(=O)O. The first kappa shape index (κ1) is 22.3. The molecule has 2 aromatic heterocycles. The van der Waals surface area contributed by atoms with E-state index in [9.17, 15) is 18.0 Å². The van der Waals surface area contributed by atoms with Crippen molar-refractivity contribution in [2.45, 2.75) is 31.5 Å². The molecule has 2 atom stereocenters. The van der Waals surface area contributed by atoms with E-state index in [1.165, 1.54) is 12.1 Å². The van der Waals surface area contributed by atoms with E-state index in [0.717, 1.165) is 22.9 Å².